The Labute approximate surface area is 139 Å². The van der Waals surface area contributed by atoms with Crippen LogP contribution in [0.25, 0.3) is 10.9 Å². The molecule has 1 aromatic heterocycles. The molecule has 0 aliphatic carbocycles. The van der Waals surface area contributed by atoms with Gasteiger partial charge < -0.3 is 4.74 Å². The van der Waals surface area contributed by atoms with Gasteiger partial charge in [-0.15, -0.1) is 0 Å². The van der Waals surface area contributed by atoms with E-state index in [1.807, 2.05) is 36.4 Å². The van der Waals surface area contributed by atoms with Crippen LogP contribution in [-0.4, -0.2) is 16.2 Å². The normalized spacial score (nSPS) is 10.8. The molecule has 118 valence electrons. The molecule has 0 aliphatic heterocycles. The molecule has 0 unspecified atom stereocenters. The Balaban J connectivity index is 1.52. The topological polar surface area (TPSA) is 44.1 Å². The van der Waals surface area contributed by atoms with E-state index in [1.54, 1.807) is 23.0 Å². The lowest BCUT2D eigenvalue weighted by molar-refractivity contribution is 0.303. The Morgan fingerprint density at radius 2 is 1.83 bits per heavy atom. The molecule has 0 bridgehead atoms. The van der Waals surface area contributed by atoms with Crippen LogP contribution in [0.4, 0.5) is 0 Å². The molecule has 0 saturated carbocycles. The Morgan fingerprint density at radius 3 is 2.65 bits per heavy atom. The summed E-state index contributed by atoms with van der Waals surface area (Å²) in [4.78, 5) is 16.6. The number of para-hydroxylation sites is 1. The third-order valence-electron chi connectivity index (χ3n) is 3.61. The van der Waals surface area contributed by atoms with Crippen molar-refractivity contribution >= 4 is 22.5 Å². The van der Waals surface area contributed by atoms with Crippen LogP contribution in [0.15, 0.2) is 59.7 Å². The molecule has 3 aromatic rings. The van der Waals surface area contributed by atoms with Gasteiger partial charge in [0.15, 0.2) is 0 Å². The number of ether oxygens (including phenoxy) is 1. The van der Waals surface area contributed by atoms with Gasteiger partial charge in [0.05, 0.1) is 23.8 Å². The molecule has 0 atom stereocenters. The van der Waals surface area contributed by atoms with E-state index in [0.29, 0.717) is 23.6 Å². The van der Waals surface area contributed by atoms with E-state index in [1.165, 1.54) is 0 Å². The molecule has 3 rings (SSSR count). The fourth-order valence-electron chi connectivity index (χ4n) is 2.37. The largest absolute Gasteiger partial charge is 0.494 e. The predicted octanol–water partition coefficient (Wildman–Crippen LogP) is 3.91. The molecule has 4 nitrogen and oxygen atoms in total. The molecule has 23 heavy (non-hydrogen) atoms. The Kier molecular flexibility index (Phi) is 4.93. The maximum absolute atomic E-state index is 12.3. The average Bonchev–Trinajstić information content (AvgIpc) is 2.58. The van der Waals surface area contributed by atoms with Gasteiger partial charge in [-0.25, -0.2) is 4.98 Å². The van der Waals surface area contributed by atoms with Gasteiger partial charge in [-0.05, 0) is 49.2 Å². The zero-order chi connectivity index (χ0) is 16.1. The fraction of sp³-hybridized carbons (Fsp3) is 0.222. The number of aromatic nitrogens is 2. The van der Waals surface area contributed by atoms with Crippen molar-refractivity contribution in [3.05, 3.63) is 70.2 Å². The molecule has 0 radical (unpaired) electrons. The summed E-state index contributed by atoms with van der Waals surface area (Å²) in [6.07, 6.45) is 3.33. The van der Waals surface area contributed by atoms with Crippen LogP contribution >= 0.6 is 11.6 Å². The Bertz CT molecular complexity index is 844. The highest BCUT2D eigenvalue weighted by atomic mass is 35.5. The van der Waals surface area contributed by atoms with Crippen molar-refractivity contribution in [1.82, 2.24) is 9.55 Å². The van der Waals surface area contributed by atoms with Gasteiger partial charge in [0, 0.05) is 11.6 Å². The lowest BCUT2D eigenvalue weighted by Crippen LogP contribution is -2.20. The minimum absolute atomic E-state index is 0.00854. The quantitative estimate of drug-likeness (QED) is 0.644. The molecule has 1 heterocycles. The summed E-state index contributed by atoms with van der Waals surface area (Å²) in [7, 11) is 0. The Hall–Kier alpha value is -2.33. The van der Waals surface area contributed by atoms with E-state index in [-0.39, 0.29) is 5.56 Å². The van der Waals surface area contributed by atoms with E-state index < -0.39 is 0 Å². The first kappa shape index (κ1) is 15.6. The summed E-state index contributed by atoms with van der Waals surface area (Å²) in [5, 5.41) is 1.35. The zero-order valence-electron chi connectivity index (χ0n) is 12.6. The highest BCUT2D eigenvalue weighted by Crippen LogP contribution is 2.15. The van der Waals surface area contributed by atoms with Gasteiger partial charge in [0.25, 0.3) is 5.56 Å². The van der Waals surface area contributed by atoms with Gasteiger partial charge in [0.2, 0.25) is 0 Å². The van der Waals surface area contributed by atoms with Crippen LogP contribution in [0.1, 0.15) is 12.8 Å². The van der Waals surface area contributed by atoms with Crippen molar-refractivity contribution in [3.63, 3.8) is 0 Å². The second-order valence-electron chi connectivity index (χ2n) is 5.27. The summed E-state index contributed by atoms with van der Waals surface area (Å²) < 4.78 is 7.30. The van der Waals surface area contributed by atoms with Crippen molar-refractivity contribution < 1.29 is 4.74 Å². The number of nitrogens with zero attached hydrogens (tertiary/aromatic N) is 2. The number of benzene rings is 2. The number of halogens is 1. The average molecular weight is 329 g/mol. The number of aryl methyl sites for hydroxylation is 1. The minimum atomic E-state index is 0.00854. The highest BCUT2D eigenvalue weighted by molar-refractivity contribution is 6.30. The SMILES string of the molecule is O=c1c2ccccc2ncn1CCCCOc1ccc(Cl)cc1. The van der Waals surface area contributed by atoms with E-state index in [4.69, 9.17) is 16.3 Å². The number of unbranched alkanes of at least 4 members (excludes halogenated alkanes) is 1. The van der Waals surface area contributed by atoms with Gasteiger partial charge in [0.1, 0.15) is 5.75 Å². The van der Waals surface area contributed by atoms with Crippen LogP contribution in [-0.2, 0) is 6.54 Å². The molecule has 5 heteroatoms. The monoisotopic (exact) mass is 328 g/mol. The lowest BCUT2D eigenvalue weighted by Gasteiger charge is -2.08. The highest BCUT2D eigenvalue weighted by Gasteiger charge is 2.03. The maximum Gasteiger partial charge on any atom is 0.261 e. The van der Waals surface area contributed by atoms with Crippen LogP contribution in [0.3, 0.4) is 0 Å². The molecule has 0 aliphatic rings. The van der Waals surface area contributed by atoms with Gasteiger partial charge in [-0.1, -0.05) is 23.7 Å². The minimum Gasteiger partial charge on any atom is -0.494 e. The number of hydrogen-bond donors (Lipinski definition) is 0. The molecule has 0 amide bonds. The van der Waals surface area contributed by atoms with E-state index in [9.17, 15) is 4.79 Å². The van der Waals surface area contributed by atoms with Crippen molar-refractivity contribution in [2.45, 2.75) is 19.4 Å². The van der Waals surface area contributed by atoms with E-state index in [0.717, 1.165) is 24.1 Å². The fourth-order valence-corrected chi connectivity index (χ4v) is 2.50. The standard InChI is InChI=1S/C18H17ClN2O2/c19-14-7-9-15(10-8-14)23-12-4-3-11-21-13-20-17-6-2-1-5-16(17)18(21)22/h1-2,5-10,13H,3-4,11-12H2. The zero-order valence-corrected chi connectivity index (χ0v) is 13.4. The summed E-state index contributed by atoms with van der Waals surface area (Å²) in [5.41, 5.74) is 0.744. The molecular formula is C18H17ClN2O2. The lowest BCUT2D eigenvalue weighted by atomic mass is 10.2. The second kappa shape index (κ2) is 7.29. The van der Waals surface area contributed by atoms with Crippen molar-refractivity contribution in [2.24, 2.45) is 0 Å². The summed E-state index contributed by atoms with van der Waals surface area (Å²) in [6, 6.07) is 14.7. The van der Waals surface area contributed by atoms with Crippen LogP contribution < -0.4 is 10.3 Å². The van der Waals surface area contributed by atoms with Gasteiger partial charge in [-0.3, -0.25) is 9.36 Å². The van der Waals surface area contributed by atoms with Crippen molar-refractivity contribution in [3.8, 4) is 5.75 Å². The van der Waals surface area contributed by atoms with Gasteiger partial charge in [-0.2, -0.15) is 0 Å². The first-order chi connectivity index (χ1) is 11.2. The molecule has 0 N–H and O–H groups in total. The van der Waals surface area contributed by atoms with Crippen LogP contribution in [0.2, 0.25) is 5.02 Å². The summed E-state index contributed by atoms with van der Waals surface area (Å²) >= 11 is 5.83. The van der Waals surface area contributed by atoms with E-state index >= 15 is 0 Å². The molecule has 0 spiro atoms. The summed E-state index contributed by atoms with van der Waals surface area (Å²) in [5.74, 6) is 0.805. The molecule has 2 aromatic carbocycles. The van der Waals surface area contributed by atoms with E-state index in [2.05, 4.69) is 4.98 Å². The van der Waals surface area contributed by atoms with Gasteiger partial charge >= 0.3 is 0 Å². The summed E-state index contributed by atoms with van der Waals surface area (Å²) in [6.45, 7) is 1.25. The smallest absolute Gasteiger partial charge is 0.261 e. The van der Waals surface area contributed by atoms with Crippen LogP contribution in [0.5, 0.6) is 5.75 Å². The number of hydrogen-bond acceptors (Lipinski definition) is 3. The molecule has 0 fully saturated rings. The molecule has 0 saturated heterocycles. The first-order valence-corrected chi connectivity index (χ1v) is 7.94. The predicted molar refractivity (Wildman–Crippen MR) is 92.2 cm³/mol. The molecular weight excluding hydrogens is 312 g/mol. The number of rotatable bonds is 6. The second-order valence-corrected chi connectivity index (χ2v) is 5.71. The van der Waals surface area contributed by atoms with Crippen molar-refractivity contribution in [1.29, 1.82) is 0 Å². The maximum atomic E-state index is 12.3. The third kappa shape index (κ3) is 3.90. The third-order valence-corrected chi connectivity index (χ3v) is 3.86. The number of fused-ring (bicyclic) bond motifs is 1. The first-order valence-electron chi connectivity index (χ1n) is 7.56. The Morgan fingerprint density at radius 1 is 1.04 bits per heavy atom. The van der Waals surface area contributed by atoms with Crippen molar-refractivity contribution in [2.75, 3.05) is 6.61 Å². The van der Waals surface area contributed by atoms with Crippen LogP contribution in [0, 0.1) is 0 Å².